The molecule has 0 radical (unpaired) electrons. The Morgan fingerprint density at radius 3 is 1.31 bits per heavy atom. The van der Waals surface area contributed by atoms with E-state index in [1.807, 2.05) is 36.4 Å². The van der Waals surface area contributed by atoms with Gasteiger partial charge in [0.25, 0.3) is 0 Å². The van der Waals surface area contributed by atoms with E-state index < -0.39 is 34.3 Å². The minimum absolute atomic E-state index is 0.406. The summed E-state index contributed by atoms with van der Waals surface area (Å²) in [4.78, 5) is 10.5. The summed E-state index contributed by atoms with van der Waals surface area (Å²) in [6, 6.07) is 22.8. The van der Waals surface area contributed by atoms with Gasteiger partial charge in [0.15, 0.2) is 0 Å². The maximum Gasteiger partial charge on any atom is 0.417 e. The average molecular weight is 616 g/mol. The highest BCUT2D eigenvalue weighted by Crippen LogP contribution is 2.60. The Labute approximate surface area is 256 Å². The Morgan fingerprint density at radius 2 is 0.956 bits per heavy atom. The summed E-state index contributed by atoms with van der Waals surface area (Å²) in [5.41, 5.74) is 6.66. The van der Waals surface area contributed by atoms with Crippen LogP contribution >= 0.6 is 0 Å². The molecule has 3 aromatic carbocycles. The third-order valence-electron chi connectivity index (χ3n) is 9.20. The van der Waals surface area contributed by atoms with E-state index in [1.54, 1.807) is 0 Å². The van der Waals surface area contributed by atoms with Crippen LogP contribution < -0.4 is 4.90 Å². The number of anilines is 3. The van der Waals surface area contributed by atoms with Crippen molar-refractivity contribution in [3.05, 3.63) is 125 Å². The van der Waals surface area contributed by atoms with Crippen LogP contribution in [0.25, 0.3) is 22.5 Å². The number of alkyl halides is 6. The first-order valence-electron chi connectivity index (χ1n) is 14.4. The summed E-state index contributed by atoms with van der Waals surface area (Å²) in [6.07, 6.45) is -7.30. The number of rotatable bonds is 2. The molecule has 5 aromatic rings. The van der Waals surface area contributed by atoms with Crippen molar-refractivity contribution >= 4 is 17.1 Å². The van der Waals surface area contributed by atoms with Gasteiger partial charge in [-0.05, 0) is 58.7 Å². The summed E-state index contributed by atoms with van der Waals surface area (Å²) in [7, 11) is 0. The van der Waals surface area contributed by atoms with Gasteiger partial charge in [0.2, 0.25) is 0 Å². The Kier molecular flexibility index (Phi) is 6.09. The van der Waals surface area contributed by atoms with Crippen molar-refractivity contribution in [3.8, 4) is 22.5 Å². The second kappa shape index (κ2) is 9.42. The molecule has 0 amide bonds. The maximum atomic E-state index is 13.2. The van der Waals surface area contributed by atoms with Crippen LogP contribution in [-0.2, 0) is 23.2 Å². The topological polar surface area (TPSA) is 29.0 Å². The molecule has 228 valence electrons. The predicted octanol–water partition coefficient (Wildman–Crippen LogP) is 10.6. The first kappa shape index (κ1) is 29.1. The first-order chi connectivity index (χ1) is 21.1. The molecule has 0 saturated heterocycles. The van der Waals surface area contributed by atoms with Gasteiger partial charge < -0.3 is 4.90 Å². The molecule has 0 bridgehead atoms. The molecule has 0 spiro atoms. The Bertz CT molecular complexity index is 1830. The van der Waals surface area contributed by atoms with Crippen LogP contribution in [-0.4, -0.2) is 9.97 Å². The van der Waals surface area contributed by atoms with E-state index in [9.17, 15) is 26.3 Å². The van der Waals surface area contributed by atoms with Crippen molar-refractivity contribution < 1.29 is 26.3 Å². The summed E-state index contributed by atoms with van der Waals surface area (Å²) in [6.45, 7) is 8.61. The first-order valence-corrected chi connectivity index (χ1v) is 14.4. The summed E-state index contributed by atoms with van der Waals surface area (Å²) in [5.74, 6) is 0. The van der Waals surface area contributed by atoms with Gasteiger partial charge in [0, 0.05) is 34.4 Å². The van der Waals surface area contributed by atoms with E-state index in [0.29, 0.717) is 22.5 Å². The lowest BCUT2D eigenvalue weighted by Gasteiger charge is -2.49. The molecular formula is C36H27F6N3. The number of hydrogen-bond donors (Lipinski definition) is 0. The summed E-state index contributed by atoms with van der Waals surface area (Å²) in [5, 5.41) is 0. The molecule has 2 aliphatic heterocycles. The quantitative estimate of drug-likeness (QED) is 0.185. The molecule has 2 aliphatic rings. The molecule has 7 rings (SSSR count). The van der Waals surface area contributed by atoms with Gasteiger partial charge in [-0.1, -0.05) is 70.2 Å². The fraction of sp³-hybridized carbons (Fsp3) is 0.222. The van der Waals surface area contributed by atoms with E-state index in [2.05, 4.69) is 60.8 Å². The van der Waals surface area contributed by atoms with Gasteiger partial charge in [-0.15, -0.1) is 0 Å². The van der Waals surface area contributed by atoms with Crippen LogP contribution in [0.3, 0.4) is 0 Å². The molecule has 45 heavy (non-hydrogen) atoms. The number of benzene rings is 3. The molecule has 4 heterocycles. The molecule has 9 heteroatoms. The van der Waals surface area contributed by atoms with Crippen molar-refractivity contribution in [1.82, 2.24) is 9.97 Å². The number of halogens is 6. The minimum atomic E-state index is -4.49. The van der Waals surface area contributed by atoms with Crippen LogP contribution in [0.15, 0.2) is 91.3 Å². The highest BCUT2D eigenvalue weighted by Gasteiger charge is 2.45. The number of hydrogen-bond acceptors (Lipinski definition) is 3. The van der Waals surface area contributed by atoms with Gasteiger partial charge in [-0.25, -0.2) is 0 Å². The van der Waals surface area contributed by atoms with Gasteiger partial charge in [-0.3, -0.25) is 9.97 Å². The van der Waals surface area contributed by atoms with Gasteiger partial charge in [-0.2, -0.15) is 26.3 Å². The Balaban J connectivity index is 1.44. The van der Waals surface area contributed by atoms with Crippen LogP contribution in [0.1, 0.15) is 61.1 Å². The molecule has 0 unspecified atom stereocenters. The van der Waals surface area contributed by atoms with Crippen molar-refractivity contribution in [2.45, 2.75) is 50.9 Å². The van der Waals surface area contributed by atoms with Crippen molar-refractivity contribution in [1.29, 1.82) is 0 Å². The molecule has 3 nitrogen and oxygen atoms in total. The van der Waals surface area contributed by atoms with Crippen molar-refractivity contribution in [3.63, 3.8) is 0 Å². The molecule has 2 aromatic heterocycles. The minimum Gasteiger partial charge on any atom is -0.309 e. The smallest absolute Gasteiger partial charge is 0.309 e. The highest BCUT2D eigenvalue weighted by atomic mass is 19.4. The van der Waals surface area contributed by atoms with Gasteiger partial charge >= 0.3 is 12.4 Å². The van der Waals surface area contributed by atoms with E-state index in [-0.39, 0.29) is 0 Å². The molecule has 0 saturated carbocycles. The summed E-state index contributed by atoms with van der Waals surface area (Å²) < 4.78 is 79.5. The second-order valence-electron chi connectivity index (χ2n) is 12.6. The molecular weight excluding hydrogens is 588 g/mol. The van der Waals surface area contributed by atoms with Crippen LogP contribution in [0.2, 0.25) is 0 Å². The maximum absolute atomic E-state index is 13.2. The van der Waals surface area contributed by atoms with Crippen molar-refractivity contribution in [2.24, 2.45) is 0 Å². The standard InChI is InChI=1S/C36H27F6N3/c1-33(2)24-12-8-20(28-14-10-22(18-43-28)35(37,38)39)16-30(24)45-31-17-21(29-15-11-23(19-44-29)36(40,41)42)9-13-25(31)34(3,4)27-7-5-6-26(33)32(27)45/h5-19H,1-4H3. The van der Waals surface area contributed by atoms with Gasteiger partial charge in [0.1, 0.15) is 0 Å². The number of para-hydroxylation sites is 1. The normalized spacial score (nSPS) is 16.1. The summed E-state index contributed by atoms with van der Waals surface area (Å²) >= 11 is 0. The van der Waals surface area contributed by atoms with Gasteiger partial charge in [0.05, 0.1) is 39.6 Å². The number of nitrogens with zero attached hydrogens (tertiary/aromatic N) is 3. The predicted molar refractivity (Wildman–Crippen MR) is 162 cm³/mol. The third-order valence-corrected chi connectivity index (χ3v) is 9.20. The number of fused-ring (bicyclic) bond motifs is 4. The number of pyridine rings is 2. The lowest BCUT2D eigenvalue weighted by molar-refractivity contribution is -0.138. The zero-order chi connectivity index (χ0) is 32.1. The second-order valence-corrected chi connectivity index (χ2v) is 12.6. The molecule has 0 aliphatic carbocycles. The largest absolute Gasteiger partial charge is 0.417 e. The van der Waals surface area contributed by atoms with Crippen LogP contribution in [0.4, 0.5) is 43.4 Å². The Hall–Kier alpha value is -4.66. The van der Waals surface area contributed by atoms with Crippen molar-refractivity contribution in [2.75, 3.05) is 4.90 Å². The van der Waals surface area contributed by atoms with E-state index in [4.69, 9.17) is 0 Å². The zero-order valence-electron chi connectivity index (χ0n) is 24.8. The lowest BCUT2D eigenvalue weighted by atomic mass is 9.66. The monoisotopic (exact) mass is 615 g/mol. The lowest BCUT2D eigenvalue weighted by Crippen LogP contribution is -2.38. The molecule has 0 fully saturated rings. The van der Waals surface area contributed by atoms with E-state index in [0.717, 1.165) is 63.8 Å². The SMILES string of the molecule is CC1(C)c2ccc(-c3ccc(C(F)(F)F)cn3)cc2N2c3cc(-c4ccc(C(F)(F)F)cn4)ccc3C(C)(C)c3cccc1c32. The molecule has 0 atom stereocenters. The Morgan fingerprint density at radius 1 is 0.533 bits per heavy atom. The molecule has 0 N–H and O–H groups in total. The van der Waals surface area contributed by atoms with Crippen LogP contribution in [0, 0.1) is 0 Å². The zero-order valence-corrected chi connectivity index (χ0v) is 24.8. The number of aromatic nitrogens is 2. The average Bonchev–Trinajstić information content (AvgIpc) is 2.99. The van der Waals surface area contributed by atoms with E-state index in [1.165, 1.54) is 12.1 Å². The fourth-order valence-corrected chi connectivity index (χ4v) is 6.73. The van der Waals surface area contributed by atoms with E-state index >= 15 is 0 Å². The fourth-order valence-electron chi connectivity index (χ4n) is 6.73. The third kappa shape index (κ3) is 4.42. The highest BCUT2D eigenvalue weighted by molar-refractivity contribution is 5.94. The van der Waals surface area contributed by atoms with Crippen LogP contribution in [0.5, 0.6) is 0 Å².